The van der Waals surface area contributed by atoms with Gasteiger partial charge in [0.05, 0.1) is 19.1 Å². The third-order valence-electron chi connectivity index (χ3n) is 3.43. The Morgan fingerprint density at radius 3 is 2.35 bits per heavy atom. The first-order valence-electron chi connectivity index (χ1n) is 6.22. The van der Waals surface area contributed by atoms with Crippen LogP contribution >= 0.6 is 11.8 Å². The molecule has 110 valence electrons. The van der Waals surface area contributed by atoms with Crippen LogP contribution in [0, 0.1) is 5.41 Å². The molecule has 0 aliphatic heterocycles. The van der Waals surface area contributed by atoms with Crippen molar-refractivity contribution in [1.29, 1.82) is 0 Å². The lowest BCUT2D eigenvalue weighted by molar-refractivity contribution is -0.142. The van der Waals surface area contributed by atoms with Crippen molar-refractivity contribution in [2.45, 2.75) is 30.3 Å². The molecule has 1 aromatic rings. The van der Waals surface area contributed by atoms with Crippen LogP contribution in [0.25, 0.3) is 0 Å². The van der Waals surface area contributed by atoms with Crippen LogP contribution in [0.4, 0.5) is 13.2 Å². The van der Waals surface area contributed by atoms with Crippen molar-refractivity contribution in [2.24, 2.45) is 5.41 Å². The second kappa shape index (κ2) is 5.68. The molecule has 1 aromatic carbocycles. The molecule has 0 radical (unpaired) electrons. The van der Waals surface area contributed by atoms with E-state index >= 15 is 0 Å². The Morgan fingerprint density at radius 1 is 1.30 bits per heavy atom. The van der Waals surface area contributed by atoms with Crippen LogP contribution in [0.5, 0.6) is 0 Å². The molecule has 0 spiro atoms. The maximum atomic E-state index is 12.4. The Labute approximate surface area is 119 Å². The SMILES string of the molecule is COC(=O)CC1(CSc2ccc(C(F)(F)F)cc2)CC1. The van der Waals surface area contributed by atoms with E-state index in [-0.39, 0.29) is 11.4 Å². The van der Waals surface area contributed by atoms with Gasteiger partial charge in [0.15, 0.2) is 0 Å². The van der Waals surface area contributed by atoms with Gasteiger partial charge in [-0.05, 0) is 42.5 Å². The lowest BCUT2D eigenvalue weighted by Gasteiger charge is -2.13. The largest absolute Gasteiger partial charge is 0.469 e. The Bertz CT molecular complexity index is 478. The van der Waals surface area contributed by atoms with E-state index < -0.39 is 11.7 Å². The highest BCUT2D eigenvalue weighted by atomic mass is 32.2. The second-order valence-corrected chi connectivity index (χ2v) is 6.11. The molecule has 1 aliphatic carbocycles. The van der Waals surface area contributed by atoms with Crippen molar-refractivity contribution in [3.8, 4) is 0 Å². The summed E-state index contributed by atoms with van der Waals surface area (Å²) in [5, 5.41) is 0. The van der Waals surface area contributed by atoms with Crippen LogP contribution in [0.2, 0.25) is 0 Å². The number of benzene rings is 1. The number of hydrogen-bond acceptors (Lipinski definition) is 3. The first-order chi connectivity index (χ1) is 9.35. The summed E-state index contributed by atoms with van der Waals surface area (Å²) >= 11 is 1.49. The number of carbonyl (C=O) groups is 1. The van der Waals surface area contributed by atoms with Crippen molar-refractivity contribution < 1.29 is 22.7 Å². The molecule has 0 saturated heterocycles. The molecular formula is C14H15F3O2S. The van der Waals surface area contributed by atoms with E-state index in [4.69, 9.17) is 0 Å². The molecule has 0 unspecified atom stereocenters. The summed E-state index contributed by atoms with van der Waals surface area (Å²) in [4.78, 5) is 12.1. The highest BCUT2D eigenvalue weighted by Gasteiger charge is 2.44. The monoisotopic (exact) mass is 304 g/mol. The molecule has 0 atom stereocenters. The van der Waals surface area contributed by atoms with Crippen molar-refractivity contribution >= 4 is 17.7 Å². The minimum absolute atomic E-state index is 0.0273. The average Bonchev–Trinajstić information content (AvgIpc) is 3.16. The second-order valence-electron chi connectivity index (χ2n) is 5.06. The van der Waals surface area contributed by atoms with Gasteiger partial charge in [-0.1, -0.05) is 0 Å². The van der Waals surface area contributed by atoms with Crippen LogP contribution in [0.3, 0.4) is 0 Å². The fourth-order valence-electron chi connectivity index (χ4n) is 1.90. The third kappa shape index (κ3) is 3.91. The minimum Gasteiger partial charge on any atom is -0.469 e. The Balaban J connectivity index is 1.90. The number of hydrogen-bond donors (Lipinski definition) is 0. The number of ether oxygens (including phenoxy) is 1. The van der Waals surface area contributed by atoms with Crippen LogP contribution in [-0.2, 0) is 15.7 Å². The molecule has 20 heavy (non-hydrogen) atoms. The molecule has 0 N–H and O–H groups in total. The molecule has 6 heteroatoms. The molecule has 2 rings (SSSR count). The first-order valence-corrected chi connectivity index (χ1v) is 7.20. The number of methoxy groups -OCH3 is 1. The molecule has 0 heterocycles. The van der Waals surface area contributed by atoms with Gasteiger partial charge >= 0.3 is 12.1 Å². The lowest BCUT2D eigenvalue weighted by Crippen LogP contribution is -2.13. The summed E-state index contributed by atoms with van der Waals surface area (Å²) in [5.41, 5.74) is -0.668. The third-order valence-corrected chi connectivity index (χ3v) is 4.79. The van der Waals surface area contributed by atoms with Crippen molar-refractivity contribution in [1.82, 2.24) is 0 Å². The standard InChI is InChI=1S/C14H15F3O2S/c1-19-12(18)8-13(6-7-13)9-20-11-4-2-10(3-5-11)14(15,16)17/h2-5H,6-9H2,1H3. The van der Waals surface area contributed by atoms with Crippen LogP contribution in [0.1, 0.15) is 24.8 Å². The van der Waals surface area contributed by atoms with Gasteiger partial charge in [-0.25, -0.2) is 0 Å². The normalized spacial score (nSPS) is 16.8. The maximum absolute atomic E-state index is 12.4. The van der Waals surface area contributed by atoms with Gasteiger partial charge in [-0.15, -0.1) is 11.8 Å². The molecule has 1 aliphatic rings. The van der Waals surface area contributed by atoms with Crippen LogP contribution in [-0.4, -0.2) is 18.8 Å². The number of thioether (sulfide) groups is 1. The van der Waals surface area contributed by atoms with E-state index in [0.29, 0.717) is 6.42 Å². The van der Waals surface area contributed by atoms with Crippen molar-refractivity contribution in [2.75, 3.05) is 12.9 Å². The van der Waals surface area contributed by atoms with Crippen molar-refractivity contribution in [3.63, 3.8) is 0 Å². The predicted molar refractivity (Wildman–Crippen MR) is 70.5 cm³/mol. The van der Waals surface area contributed by atoms with E-state index in [2.05, 4.69) is 4.74 Å². The molecule has 0 aromatic heterocycles. The van der Waals surface area contributed by atoms with E-state index in [0.717, 1.165) is 35.6 Å². The molecule has 1 saturated carbocycles. The van der Waals surface area contributed by atoms with E-state index in [1.54, 1.807) is 0 Å². The molecule has 0 amide bonds. The summed E-state index contributed by atoms with van der Waals surface area (Å²) in [6.07, 6.45) is -1.98. The highest BCUT2D eigenvalue weighted by Crippen LogP contribution is 2.52. The zero-order valence-electron chi connectivity index (χ0n) is 11.0. The summed E-state index contributed by atoms with van der Waals surface area (Å²) in [6, 6.07) is 5.12. The lowest BCUT2D eigenvalue weighted by atomic mass is 10.1. The van der Waals surface area contributed by atoms with Gasteiger partial charge in [0.25, 0.3) is 0 Å². The number of esters is 1. The highest BCUT2D eigenvalue weighted by molar-refractivity contribution is 7.99. The van der Waals surface area contributed by atoms with Gasteiger partial charge in [0.1, 0.15) is 0 Å². The van der Waals surface area contributed by atoms with Crippen molar-refractivity contribution in [3.05, 3.63) is 29.8 Å². The quantitative estimate of drug-likeness (QED) is 0.604. The Hall–Kier alpha value is -1.17. The average molecular weight is 304 g/mol. The number of rotatable bonds is 5. The topological polar surface area (TPSA) is 26.3 Å². The van der Waals surface area contributed by atoms with Gasteiger partial charge in [-0.2, -0.15) is 13.2 Å². The minimum atomic E-state index is -4.30. The van der Waals surface area contributed by atoms with Gasteiger partial charge < -0.3 is 4.74 Å². The summed E-state index contributed by atoms with van der Waals surface area (Å²) in [6.45, 7) is 0. The summed E-state index contributed by atoms with van der Waals surface area (Å²) in [5.74, 6) is 0.503. The molecular weight excluding hydrogens is 289 g/mol. The zero-order chi connectivity index (χ0) is 14.8. The zero-order valence-corrected chi connectivity index (χ0v) is 11.8. The number of alkyl halides is 3. The first kappa shape index (κ1) is 15.2. The smallest absolute Gasteiger partial charge is 0.416 e. The van der Waals surface area contributed by atoms with Crippen LogP contribution < -0.4 is 0 Å². The fourth-order valence-corrected chi connectivity index (χ4v) is 3.10. The summed E-state index contributed by atoms with van der Waals surface area (Å²) < 4.78 is 41.9. The van der Waals surface area contributed by atoms with Gasteiger partial charge in [0.2, 0.25) is 0 Å². The van der Waals surface area contributed by atoms with E-state index in [1.807, 2.05) is 0 Å². The molecule has 2 nitrogen and oxygen atoms in total. The summed E-state index contributed by atoms with van der Waals surface area (Å²) in [7, 11) is 1.36. The fraction of sp³-hybridized carbons (Fsp3) is 0.500. The maximum Gasteiger partial charge on any atom is 0.416 e. The molecule has 1 fully saturated rings. The van der Waals surface area contributed by atoms with E-state index in [9.17, 15) is 18.0 Å². The van der Waals surface area contributed by atoms with Gasteiger partial charge in [0, 0.05) is 10.6 Å². The Morgan fingerprint density at radius 2 is 1.90 bits per heavy atom. The number of halogens is 3. The van der Waals surface area contributed by atoms with Crippen LogP contribution in [0.15, 0.2) is 29.2 Å². The Kier molecular flexibility index (Phi) is 4.32. The van der Waals surface area contributed by atoms with E-state index in [1.165, 1.54) is 31.0 Å². The van der Waals surface area contributed by atoms with Gasteiger partial charge in [-0.3, -0.25) is 4.79 Å². The molecule has 0 bridgehead atoms. The number of carbonyl (C=O) groups excluding carboxylic acids is 1. The predicted octanol–water partition coefficient (Wildman–Crippen LogP) is 4.14.